The van der Waals surface area contributed by atoms with E-state index in [4.69, 9.17) is 9.97 Å². The van der Waals surface area contributed by atoms with Crippen LogP contribution in [0.3, 0.4) is 0 Å². The third-order valence-corrected chi connectivity index (χ3v) is 11.3. The zero-order chi connectivity index (χ0) is 35.3. The van der Waals surface area contributed by atoms with E-state index in [1.165, 1.54) is 60.0 Å². The Morgan fingerprint density at radius 3 is 1.52 bits per heavy atom. The second-order valence-corrected chi connectivity index (χ2v) is 14.1. The monoisotopic (exact) mass is 686 g/mol. The number of para-hydroxylation sites is 3. The number of aromatic nitrogens is 4. The van der Waals surface area contributed by atoms with E-state index in [-0.39, 0.29) is 0 Å². The summed E-state index contributed by atoms with van der Waals surface area (Å²) >= 11 is 0. The van der Waals surface area contributed by atoms with Crippen molar-refractivity contribution in [3.63, 3.8) is 0 Å². The molecule has 0 aliphatic heterocycles. The van der Waals surface area contributed by atoms with Crippen LogP contribution in [0.15, 0.2) is 182 Å². The molecule has 0 bridgehead atoms. The highest BCUT2D eigenvalue weighted by atomic mass is 15.2. The molecule has 0 unspecified atom stereocenters. The van der Waals surface area contributed by atoms with Gasteiger partial charge in [0.15, 0.2) is 0 Å². The number of nitrogens with zero attached hydrogens (tertiary/aromatic N) is 4. The molecular formula is C50H30N4. The van der Waals surface area contributed by atoms with E-state index >= 15 is 0 Å². The first-order valence-corrected chi connectivity index (χ1v) is 18.4. The molecule has 0 N–H and O–H groups in total. The smallest absolute Gasteiger partial charge is 0.235 e. The van der Waals surface area contributed by atoms with Gasteiger partial charge in [-0.25, -0.2) is 9.97 Å². The Kier molecular flexibility index (Phi) is 6.02. The van der Waals surface area contributed by atoms with Crippen LogP contribution >= 0.6 is 0 Å². The van der Waals surface area contributed by atoms with Crippen LogP contribution in [0, 0.1) is 0 Å². The lowest BCUT2D eigenvalue weighted by molar-refractivity contribution is 0.999. The maximum atomic E-state index is 5.51. The van der Waals surface area contributed by atoms with E-state index in [1.807, 2.05) is 0 Å². The van der Waals surface area contributed by atoms with Crippen LogP contribution in [0.2, 0.25) is 0 Å². The van der Waals surface area contributed by atoms with Crippen molar-refractivity contribution in [1.82, 2.24) is 19.1 Å². The van der Waals surface area contributed by atoms with Gasteiger partial charge in [-0.2, -0.15) is 0 Å². The Hall–Kier alpha value is -7.30. The largest absolute Gasteiger partial charge is 0.309 e. The van der Waals surface area contributed by atoms with Gasteiger partial charge in [0.05, 0.1) is 33.5 Å². The molecule has 3 heterocycles. The molecule has 1 aliphatic rings. The molecule has 4 nitrogen and oxygen atoms in total. The van der Waals surface area contributed by atoms with E-state index in [0.29, 0.717) is 5.95 Å². The SMILES string of the molecule is c1ccc(-c2nc(-n3c4ccccc4c4c(-c5cccc6c5c5ccccc5n6-c5ccccc5)cccc43)nc3c2-c2cccc4cccc-3c24)cc1. The lowest BCUT2D eigenvalue weighted by Crippen LogP contribution is -2.05. The van der Waals surface area contributed by atoms with Gasteiger partial charge in [-0.1, -0.05) is 146 Å². The van der Waals surface area contributed by atoms with Crippen LogP contribution in [0.5, 0.6) is 0 Å². The minimum Gasteiger partial charge on any atom is -0.309 e. The van der Waals surface area contributed by atoms with Gasteiger partial charge < -0.3 is 4.57 Å². The number of rotatable bonds is 4. The first-order valence-electron chi connectivity index (χ1n) is 18.4. The molecule has 11 aromatic rings. The van der Waals surface area contributed by atoms with Crippen molar-refractivity contribution in [2.24, 2.45) is 0 Å². The second-order valence-electron chi connectivity index (χ2n) is 14.1. The fourth-order valence-corrected chi connectivity index (χ4v) is 9.11. The molecule has 4 heteroatoms. The number of hydrogen-bond acceptors (Lipinski definition) is 2. The summed E-state index contributed by atoms with van der Waals surface area (Å²) in [6.45, 7) is 0. The summed E-state index contributed by atoms with van der Waals surface area (Å²) in [6.07, 6.45) is 0. The Labute approximate surface area is 310 Å². The minimum atomic E-state index is 0.666. The molecule has 0 atom stereocenters. The zero-order valence-electron chi connectivity index (χ0n) is 29.1. The minimum absolute atomic E-state index is 0.666. The predicted molar refractivity (Wildman–Crippen MR) is 224 cm³/mol. The molecular weight excluding hydrogens is 657 g/mol. The van der Waals surface area contributed by atoms with Gasteiger partial charge in [0.2, 0.25) is 5.95 Å². The average molecular weight is 687 g/mol. The summed E-state index contributed by atoms with van der Waals surface area (Å²) in [4.78, 5) is 11.0. The van der Waals surface area contributed by atoms with Crippen LogP contribution in [-0.2, 0) is 0 Å². The topological polar surface area (TPSA) is 35.6 Å². The molecule has 54 heavy (non-hydrogen) atoms. The summed E-state index contributed by atoms with van der Waals surface area (Å²) in [7, 11) is 0. The number of fused-ring (bicyclic) bond motifs is 9. The third kappa shape index (κ3) is 3.97. The summed E-state index contributed by atoms with van der Waals surface area (Å²) in [6, 6.07) is 65.2. The van der Waals surface area contributed by atoms with Crippen LogP contribution in [0.4, 0.5) is 0 Å². The zero-order valence-corrected chi connectivity index (χ0v) is 29.1. The second kappa shape index (κ2) is 11.1. The first kappa shape index (κ1) is 29.3. The lowest BCUT2D eigenvalue weighted by atomic mass is 9.95. The molecule has 0 saturated heterocycles. The Morgan fingerprint density at radius 2 is 0.833 bits per heavy atom. The van der Waals surface area contributed by atoms with Crippen LogP contribution < -0.4 is 0 Å². The standard InChI is InChI=1S/C50H30N4/c1-3-15-32(16-4-1)48-47-38-25-11-17-31-18-12-26-39(44(31)38)49(47)52-50(51-48)54-41-28-10-8-22-37(41)46-35(24-14-30-43(46)54)34-23-13-29-42-45(34)36-21-7-9-27-40(36)53(42)33-19-5-2-6-20-33/h1-30H. The van der Waals surface area contributed by atoms with Gasteiger partial charge in [0, 0.05) is 43.9 Å². The van der Waals surface area contributed by atoms with Gasteiger partial charge >= 0.3 is 0 Å². The van der Waals surface area contributed by atoms with Gasteiger partial charge in [-0.05, 0) is 63.9 Å². The summed E-state index contributed by atoms with van der Waals surface area (Å²) in [5.74, 6) is 0.666. The Morgan fingerprint density at radius 1 is 0.333 bits per heavy atom. The van der Waals surface area contributed by atoms with E-state index < -0.39 is 0 Å². The quantitative estimate of drug-likeness (QED) is 0.185. The normalized spacial score (nSPS) is 12.1. The van der Waals surface area contributed by atoms with E-state index in [2.05, 4.69) is 191 Å². The van der Waals surface area contributed by atoms with Crippen molar-refractivity contribution in [3.8, 4) is 56.4 Å². The molecule has 0 amide bonds. The van der Waals surface area contributed by atoms with Crippen molar-refractivity contribution in [3.05, 3.63) is 182 Å². The van der Waals surface area contributed by atoms with Crippen molar-refractivity contribution in [2.45, 2.75) is 0 Å². The van der Waals surface area contributed by atoms with Crippen molar-refractivity contribution >= 4 is 54.4 Å². The fraction of sp³-hybridized carbons (Fsp3) is 0. The molecule has 250 valence electrons. The van der Waals surface area contributed by atoms with E-state index in [9.17, 15) is 0 Å². The highest BCUT2D eigenvalue weighted by Crippen LogP contribution is 2.50. The van der Waals surface area contributed by atoms with E-state index in [0.717, 1.165) is 44.8 Å². The average Bonchev–Trinajstić information content (AvgIpc) is 3.88. The summed E-state index contributed by atoms with van der Waals surface area (Å²) in [5.41, 5.74) is 14.5. The number of hydrogen-bond donors (Lipinski definition) is 0. The highest BCUT2D eigenvalue weighted by molar-refractivity contribution is 6.22. The lowest BCUT2D eigenvalue weighted by Gasteiger charge is -2.14. The molecule has 0 fully saturated rings. The third-order valence-electron chi connectivity index (χ3n) is 11.3. The molecule has 3 aromatic heterocycles. The van der Waals surface area contributed by atoms with Crippen LogP contribution in [0.25, 0.3) is 111 Å². The molecule has 0 saturated carbocycles. The molecule has 0 spiro atoms. The molecule has 0 radical (unpaired) electrons. The fourth-order valence-electron chi connectivity index (χ4n) is 9.11. The molecule has 12 rings (SSSR count). The maximum absolute atomic E-state index is 5.51. The van der Waals surface area contributed by atoms with E-state index in [1.54, 1.807) is 0 Å². The first-order chi connectivity index (χ1) is 26.8. The maximum Gasteiger partial charge on any atom is 0.235 e. The van der Waals surface area contributed by atoms with Crippen molar-refractivity contribution in [1.29, 1.82) is 0 Å². The van der Waals surface area contributed by atoms with Gasteiger partial charge in [-0.15, -0.1) is 0 Å². The van der Waals surface area contributed by atoms with Crippen LogP contribution in [-0.4, -0.2) is 19.1 Å². The molecule has 8 aromatic carbocycles. The van der Waals surface area contributed by atoms with Crippen molar-refractivity contribution in [2.75, 3.05) is 0 Å². The van der Waals surface area contributed by atoms with Crippen molar-refractivity contribution < 1.29 is 0 Å². The predicted octanol–water partition coefficient (Wildman–Crippen LogP) is 12.8. The Balaban J connectivity index is 1.17. The summed E-state index contributed by atoms with van der Waals surface area (Å²) in [5, 5.41) is 7.29. The highest BCUT2D eigenvalue weighted by Gasteiger charge is 2.29. The van der Waals surface area contributed by atoms with Gasteiger partial charge in [0.25, 0.3) is 0 Å². The van der Waals surface area contributed by atoms with Gasteiger partial charge in [0.1, 0.15) is 0 Å². The number of benzene rings is 8. The Bertz CT molecular complexity index is 3310. The summed E-state index contributed by atoms with van der Waals surface area (Å²) < 4.78 is 4.66. The van der Waals surface area contributed by atoms with Gasteiger partial charge in [-0.3, -0.25) is 4.57 Å². The van der Waals surface area contributed by atoms with Crippen LogP contribution in [0.1, 0.15) is 0 Å². The molecule has 1 aliphatic carbocycles.